The van der Waals surface area contributed by atoms with Crippen molar-refractivity contribution in [3.63, 3.8) is 0 Å². The van der Waals surface area contributed by atoms with Crippen LogP contribution in [0.25, 0.3) is 0 Å². The number of carbonyl (C=O) groups is 2. The number of nitrogens with one attached hydrogen (secondary N) is 2. The lowest BCUT2D eigenvalue weighted by Crippen LogP contribution is -2.46. The Morgan fingerprint density at radius 1 is 1.29 bits per heavy atom. The molecule has 0 aliphatic heterocycles. The third-order valence-corrected chi connectivity index (χ3v) is 3.86. The number of hydrogen-bond acceptors (Lipinski definition) is 4. The molecular weight excluding hydrogens is 248 g/mol. The maximum atomic E-state index is 11.2. The molecule has 8 heteroatoms. The minimum atomic E-state index is -3.12. The number of urea groups is 1. The molecule has 0 aliphatic rings. The van der Waals surface area contributed by atoms with Gasteiger partial charge in [-0.15, -0.1) is 0 Å². The SMILES string of the molecule is CC[C@@H](NC(=O)NCCS(=O)(=O)CC)C(=O)O. The maximum absolute atomic E-state index is 11.2. The van der Waals surface area contributed by atoms with Gasteiger partial charge in [-0.25, -0.2) is 18.0 Å². The summed E-state index contributed by atoms with van der Waals surface area (Å²) in [7, 11) is -3.12. The zero-order chi connectivity index (χ0) is 13.5. The van der Waals surface area contributed by atoms with E-state index in [1.807, 2.05) is 0 Å². The van der Waals surface area contributed by atoms with Crippen LogP contribution in [-0.2, 0) is 14.6 Å². The van der Waals surface area contributed by atoms with Crippen molar-refractivity contribution >= 4 is 21.8 Å². The van der Waals surface area contributed by atoms with Gasteiger partial charge in [0.05, 0.1) is 5.75 Å². The van der Waals surface area contributed by atoms with Gasteiger partial charge in [-0.1, -0.05) is 13.8 Å². The second-order valence-electron chi connectivity index (χ2n) is 3.44. The molecule has 1 atom stereocenters. The molecule has 0 radical (unpaired) electrons. The van der Waals surface area contributed by atoms with E-state index in [1.165, 1.54) is 6.92 Å². The molecule has 0 saturated carbocycles. The minimum absolute atomic E-state index is 0.0169. The summed E-state index contributed by atoms with van der Waals surface area (Å²) in [6.07, 6.45) is 0.260. The van der Waals surface area contributed by atoms with Gasteiger partial charge in [-0.2, -0.15) is 0 Å². The Morgan fingerprint density at radius 2 is 1.88 bits per heavy atom. The quantitative estimate of drug-likeness (QED) is 0.579. The van der Waals surface area contributed by atoms with Crippen LogP contribution in [0.15, 0.2) is 0 Å². The van der Waals surface area contributed by atoms with Crippen molar-refractivity contribution in [2.24, 2.45) is 0 Å². The molecule has 0 unspecified atom stereocenters. The molecule has 0 rings (SSSR count). The van der Waals surface area contributed by atoms with Gasteiger partial charge in [0.2, 0.25) is 0 Å². The number of carboxylic acids is 1. The summed E-state index contributed by atoms with van der Waals surface area (Å²) in [6, 6.07) is -1.64. The van der Waals surface area contributed by atoms with Crippen LogP contribution in [0.2, 0.25) is 0 Å². The van der Waals surface area contributed by atoms with Gasteiger partial charge in [0.25, 0.3) is 0 Å². The standard InChI is InChI=1S/C9H18N2O5S/c1-3-7(8(12)13)11-9(14)10-5-6-17(15,16)4-2/h7H,3-6H2,1-2H3,(H,12,13)(H2,10,11,14)/t7-/m1/s1. The summed E-state index contributed by atoms with van der Waals surface area (Å²) >= 11 is 0. The van der Waals surface area contributed by atoms with Gasteiger partial charge in [0.1, 0.15) is 6.04 Å². The van der Waals surface area contributed by atoms with Crippen LogP contribution in [0.5, 0.6) is 0 Å². The molecule has 0 aromatic carbocycles. The molecule has 7 nitrogen and oxygen atoms in total. The zero-order valence-electron chi connectivity index (χ0n) is 9.89. The average molecular weight is 266 g/mol. The molecule has 0 heterocycles. The molecule has 17 heavy (non-hydrogen) atoms. The van der Waals surface area contributed by atoms with Crippen LogP contribution in [-0.4, -0.2) is 49.6 Å². The van der Waals surface area contributed by atoms with Crippen LogP contribution in [0, 0.1) is 0 Å². The topological polar surface area (TPSA) is 113 Å². The van der Waals surface area contributed by atoms with Gasteiger partial charge in [-0.05, 0) is 6.42 Å². The van der Waals surface area contributed by atoms with E-state index in [2.05, 4.69) is 10.6 Å². The number of rotatable bonds is 7. The predicted molar refractivity (Wildman–Crippen MR) is 62.6 cm³/mol. The largest absolute Gasteiger partial charge is 0.480 e. The number of sulfone groups is 1. The lowest BCUT2D eigenvalue weighted by molar-refractivity contribution is -0.139. The van der Waals surface area contributed by atoms with Gasteiger partial charge >= 0.3 is 12.0 Å². The highest BCUT2D eigenvalue weighted by Gasteiger charge is 2.17. The predicted octanol–water partition coefficient (Wildman–Crippen LogP) is -0.416. The highest BCUT2D eigenvalue weighted by atomic mass is 32.2. The molecule has 0 saturated heterocycles. The Morgan fingerprint density at radius 3 is 2.29 bits per heavy atom. The summed E-state index contributed by atoms with van der Waals surface area (Å²) in [5.41, 5.74) is 0. The van der Waals surface area contributed by atoms with Crippen molar-refractivity contribution in [3.05, 3.63) is 0 Å². The highest BCUT2D eigenvalue weighted by Crippen LogP contribution is 1.91. The number of carbonyl (C=O) groups excluding carboxylic acids is 1. The second kappa shape index (κ2) is 7.10. The van der Waals surface area contributed by atoms with Crippen LogP contribution in [0.4, 0.5) is 4.79 Å². The van der Waals surface area contributed by atoms with E-state index < -0.39 is 27.9 Å². The summed E-state index contributed by atoms with van der Waals surface area (Å²) in [6.45, 7) is 3.12. The summed E-state index contributed by atoms with van der Waals surface area (Å²) in [4.78, 5) is 21.8. The molecule has 0 fully saturated rings. The maximum Gasteiger partial charge on any atom is 0.326 e. The molecule has 0 aromatic heterocycles. The van der Waals surface area contributed by atoms with Crippen LogP contribution in [0.1, 0.15) is 20.3 Å². The van der Waals surface area contributed by atoms with Crippen LogP contribution < -0.4 is 10.6 Å². The molecule has 0 bridgehead atoms. The van der Waals surface area contributed by atoms with Gasteiger partial charge in [0, 0.05) is 12.3 Å². The molecule has 2 amide bonds. The van der Waals surface area contributed by atoms with E-state index in [1.54, 1.807) is 6.92 Å². The lowest BCUT2D eigenvalue weighted by Gasteiger charge is -2.12. The van der Waals surface area contributed by atoms with Crippen molar-refractivity contribution in [2.45, 2.75) is 26.3 Å². The van der Waals surface area contributed by atoms with Gasteiger partial charge in [-0.3, -0.25) is 0 Å². The highest BCUT2D eigenvalue weighted by molar-refractivity contribution is 7.91. The van der Waals surface area contributed by atoms with E-state index in [4.69, 9.17) is 5.11 Å². The molecule has 100 valence electrons. The zero-order valence-corrected chi connectivity index (χ0v) is 10.7. The Kier molecular flexibility index (Phi) is 6.55. The average Bonchev–Trinajstić information content (AvgIpc) is 2.25. The first-order valence-corrected chi connectivity index (χ1v) is 7.12. The lowest BCUT2D eigenvalue weighted by atomic mass is 10.2. The van der Waals surface area contributed by atoms with Crippen LogP contribution >= 0.6 is 0 Å². The molecule has 0 aromatic rings. The summed E-state index contributed by atoms with van der Waals surface area (Å²) in [5, 5.41) is 13.2. The van der Waals surface area contributed by atoms with E-state index in [0.29, 0.717) is 0 Å². The Hall–Kier alpha value is -1.31. The summed E-state index contributed by atoms with van der Waals surface area (Å²) < 4.78 is 22.2. The normalized spacial score (nSPS) is 12.8. The third-order valence-electron chi connectivity index (χ3n) is 2.15. The van der Waals surface area contributed by atoms with E-state index in [9.17, 15) is 18.0 Å². The Labute approximate surface area is 101 Å². The Balaban J connectivity index is 4.00. The van der Waals surface area contributed by atoms with Gasteiger partial charge < -0.3 is 15.7 Å². The van der Waals surface area contributed by atoms with Crippen molar-refractivity contribution in [2.75, 3.05) is 18.1 Å². The van der Waals surface area contributed by atoms with E-state index >= 15 is 0 Å². The monoisotopic (exact) mass is 266 g/mol. The number of hydrogen-bond donors (Lipinski definition) is 3. The molecule has 0 spiro atoms. The fourth-order valence-corrected chi connectivity index (χ4v) is 1.71. The van der Waals surface area contributed by atoms with Crippen LogP contribution in [0.3, 0.4) is 0 Å². The number of carboxylic acid groups (broad SMARTS) is 1. The minimum Gasteiger partial charge on any atom is -0.480 e. The first kappa shape index (κ1) is 15.7. The second-order valence-corrected chi connectivity index (χ2v) is 5.91. The fraction of sp³-hybridized carbons (Fsp3) is 0.778. The molecular formula is C9H18N2O5S. The molecule has 0 aliphatic carbocycles. The van der Waals surface area contributed by atoms with Crippen molar-refractivity contribution in [3.8, 4) is 0 Å². The number of aliphatic carboxylic acids is 1. The van der Waals surface area contributed by atoms with Crippen molar-refractivity contribution in [1.82, 2.24) is 10.6 Å². The smallest absolute Gasteiger partial charge is 0.326 e. The summed E-state index contributed by atoms with van der Waals surface area (Å²) in [5.74, 6) is -1.26. The molecule has 3 N–H and O–H groups in total. The first-order valence-electron chi connectivity index (χ1n) is 5.30. The Bertz CT molecular complexity index is 366. The number of amides is 2. The third kappa shape index (κ3) is 6.77. The first-order chi connectivity index (χ1) is 7.82. The van der Waals surface area contributed by atoms with Crippen molar-refractivity contribution in [1.29, 1.82) is 0 Å². The van der Waals surface area contributed by atoms with Crippen molar-refractivity contribution < 1.29 is 23.1 Å². The van der Waals surface area contributed by atoms with E-state index in [-0.39, 0.29) is 24.5 Å². The fourth-order valence-electron chi connectivity index (χ4n) is 1.01. The van der Waals surface area contributed by atoms with Gasteiger partial charge in [0.15, 0.2) is 9.84 Å². The van der Waals surface area contributed by atoms with E-state index in [0.717, 1.165) is 0 Å².